The van der Waals surface area contributed by atoms with Crippen molar-refractivity contribution in [2.24, 2.45) is 0 Å². The van der Waals surface area contributed by atoms with Crippen LogP contribution in [0.25, 0.3) is 0 Å². The SMILES string of the molecule is O=C(Nc1ccc(I)cc1)c1ccccc1Cl. The molecule has 0 atom stereocenters. The highest BCUT2D eigenvalue weighted by Gasteiger charge is 2.09. The van der Waals surface area contributed by atoms with E-state index in [0.29, 0.717) is 10.6 Å². The lowest BCUT2D eigenvalue weighted by Gasteiger charge is -2.06. The van der Waals surface area contributed by atoms with Gasteiger partial charge in [-0.25, -0.2) is 0 Å². The van der Waals surface area contributed by atoms with E-state index in [4.69, 9.17) is 11.6 Å². The zero-order valence-electron chi connectivity index (χ0n) is 8.78. The summed E-state index contributed by atoms with van der Waals surface area (Å²) < 4.78 is 1.12. The zero-order valence-corrected chi connectivity index (χ0v) is 11.7. The molecule has 2 aromatic carbocycles. The van der Waals surface area contributed by atoms with Crippen molar-refractivity contribution >= 4 is 45.8 Å². The predicted octanol–water partition coefficient (Wildman–Crippen LogP) is 4.20. The van der Waals surface area contributed by atoms with Crippen molar-refractivity contribution in [1.82, 2.24) is 0 Å². The summed E-state index contributed by atoms with van der Waals surface area (Å²) in [4.78, 5) is 11.9. The maximum atomic E-state index is 11.9. The van der Waals surface area contributed by atoms with Crippen LogP contribution in [0.1, 0.15) is 10.4 Å². The lowest BCUT2D eigenvalue weighted by Crippen LogP contribution is -2.12. The molecule has 0 saturated heterocycles. The van der Waals surface area contributed by atoms with Crippen LogP contribution in [-0.2, 0) is 0 Å². The smallest absolute Gasteiger partial charge is 0.257 e. The average Bonchev–Trinajstić information content (AvgIpc) is 2.32. The molecule has 1 amide bonds. The van der Waals surface area contributed by atoms with Crippen LogP contribution < -0.4 is 5.32 Å². The van der Waals surface area contributed by atoms with Gasteiger partial charge in [-0.15, -0.1) is 0 Å². The number of hydrogen-bond acceptors (Lipinski definition) is 1. The molecule has 0 bridgehead atoms. The van der Waals surface area contributed by atoms with Crippen molar-refractivity contribution in [3.8, 4) is 0 Å². The molecular formula is C13H9ClINO. The molecule has 17 heavy (non-hydrogen) atoms. The Kier molecular flexibility index (Phi) is 4.02. The Morgan fingerprint density at radius 1 is 1.06 bits per heavy atom. The minimum absolute atomic E-state index is 0.197. The fraction of sp³-hybridized carbons (Fsp3) is 0. The molecule has 0 aliphatic heterocycles. The van der Waals surface area contributed by atoms with Crippen molar-refractivity contribution < 1.29 is 4.79 Å². The van der Waals surface area contributed by atoms with E-state index in [1.807, 2.05) is 24.3 Å². The number of halogens is 2. The highest BCUT2D eigenvalue weighted by molar-refractivity contribution is 14.1. The van der Waals surface area contributed by atoms with Gasteiger partial charge in [-0.3, -0.25) is 4.79 Å². The average molecular weight is 358 g/mol. The first-order valence-corrected chi connectivity index (χ1v) is 6.44. The molecule has 2 rings (SSSR count). The number of amides is 1. The van der Waals surface area contributed by atoms with Gasteiger partial charge < -0.3 is 5.32 Å². The summed E-state index contributed by atoms with van der Waals surface area (Å²) in [6.07, 6.45) is 0. The molecule has 0 aliphatic carbocycles. The first-order valence-electron chi connectivity index (χ1n) is 4.98. The van der Waals surface area contributed by atoms with Gasteiger partial charge in [-0.05, 0) is 59.0 Å². The molecule has 0 saturated carbocycles. The molecule has 0 unspecified atom stereocenters. The van der Waals surface area contributed by atoms with Gasteiger partial charge in [-0.2, -0.15) is 0 Å². The van der Waals surface area contributed by atoms with Gasteiger partial charge in [0.2, 0.25) is 0 Å². The summed E-state index contributed by atoms with van der Waals surface area (Å²) in [5, 5.41) is 3.25. The van der Waals surface area contributed by atoms with Crippen LogP contribution in [0.5, 0.6) is 0 Å². The van der Waals surface area contributed by atoms with E-state index in [9.17, 15) is 4.79 Å². The van der Waals surface area contributed by atoms with E-state index in [2.05, 4.69) is 27.9 Å². The monoisotopic (exact) mass is 357 g/mol. The van der Waals surface area contributed by atoms with Gasteiger partial charge >= 0.3 is 0 Å². The van der Waals surface area contributed by atoms with Gasteiger partial charge in [-0.1, -0.05) is 23.7 Å². The van der Waals surface area contributed by atoms with Gasteiger partial charge in [0.15, 0.2) is 0 Å². The Labute approximate surface area is 118 Å². The van der Waals surface area contributed by atoms with Gasteiger partial charge in [0.1, 0.15) is 0 Å². The maximum absolute atomic E-state index is 11.9. The second kappa shape index (κ2) is 5.51. The molecule has 0 spiro atoms. The van der Waals surface area contributed by atoms with Crippen molar-refractivity contribution in [1.29, 1.82) is 0 Å². The summed E-state index contributed by atoms with van der Waals surface area (Å²) in [7, 11) is 0. The predicted molar refractivity (Wildman–Crippen MR) is 78.6 cm³/mol. The van der Waals surface area contributed by atoms with Crippen molar-refractivity contribution in [2.75, 3.05) is 5.32 Å². The van der Waals surface area contributed by atoms with E-state index < -0.39 is 0 Å². The normalized spacial score (nSPS) is 10.0. The third-order valence-electron chi connectivity index (χ3n) is 2.22. The van der Waals surface area contributed by atoms with Crippen LogP contribution in [0.2, 0.25) is 5.02 Å². The number of rotatable bonds is 2. The second-order valence-corrected chi connectivity index (χ2v) is 5.09. The van der Waals surface area contributed by atoms with Crippen LogP contribution >= 0.6 is 34.2 Å². The molecular weight excluding hydrogens is 349 g/mol. The Balaban J connectivity index is 2.17. The molecule has 0 heterocycles. The molecule has 1 N–H and O–H groups in total. The Morgan fingerprint density at radius 2 is 1.71 bits per heavy atom. The minimum atomic E-state index is -0.197. The van der Waals surface area contributed by atoms with Crippen LogP contribution in [-0.4, -0.2) is 5.91 Å². The van der Waals surface area contributed by atoms with E-state index in [1.165, 1.54) is 0 Å². The third-order valence-corrected chi connectivity index (χ3v) is 3.27. The number of nitrogens with one attached hydrogen (secondary N) is 1. The van der Waals surface area contributed by atoms with Crippen molar-refractivity contribution in [3.63, 3.8) is 0 Å². The van der Waals surface area contributed by atoms with Crippen LogP contribution in [0, 0.1) is 3.57 Å². The number of carbonyl (C=O) groups excluding carboxylic acids is 1. The van der Waals surface area contributed by atoms with Crippen molar-refractivity contribution in [2.45, 2.75) is 0 Å². The van der Waals surface area contributed by atoms with E-state index >= 15 is 0 Å². The summed E-state index contributed by atoms with van der Waals surface area (Å²) in [5.74, 6) is -0.197. The highest BCUT2D eigenvalue weighted by Crippen LogP contribution is 2.17. The molecule has 0 aliphatic rings. The van der Waals surface area contributed by atoms with Gasteiger partial charge in [0.05, 0.1) is 10.6 Å². The molecule has 0 fully saturated rings. The lowest BCUT2D eigenvalue weighted by atomic mass is 10.2. The summed E-state index contributed by atoms with van der Waals surface area (Å²) in [6, 6.07) is 14.6. The Morgan fingerprint density at radius 3 is 2.35 bits per heavy atom. The highest BCUT2D eigenvalue weighted by atomic mass is 127. The summed E-state index contributed by atoms with van der Waals surface area (Å²) >= 11 is 8.16. The first-order chi connectivity index (χ1) is 8.16. The van der Waals surface area contributed by atoms with E-state index in [1.54, 1.807) is 24.3 Å². The molecule has 0 radical (unpaired) electrons. The summed E-state index contributed by atoms with van der Waals surface area (Å²) in [5.41, 5.74) is 1.24. The number of benzene rings is 2. The standard InChI is InChI=1S/C13H9ClINO/c14-12-4-2-1-3-11(12)13(17)16-10-7-5-9(15)6-8-10/h1-8H,(H,16,17). The quantitative estimate of drug-likeness (QED) is 0.802. The fourth-order valence-corrected chi connectivity index (χ4v) is 1.96. The maximum Gasteiger partial charge on any atom is 0.257 e. The van der Waals surface area contributed by atoms with Crippen molar-refractivity contribution in [3.05, 3.63) is 62.7 Å². The number of hydrogen-bond donors (Lipinski definition) is 1. The fourth-order valence-electron chi connectivity index (χ4n) is 1.38. The first kappa shape index (κ1) is 12.4. The zero-order chi connectivity index (χ0) is 12.3. The molecule has 2 aromatic rings. The number of anilines is 1. The molecule has 86 valence electrons. The largest absolute Gasteiger partial charge is 0.322 e. The minimum Gasteiger partial charge on any atom is -0.322 e. The van der Waals surface area contributed by atoms with Crippen LogP contribution in [0.4, 0.5) is 5.69 Å². The molecule has 0 aromatic heterocycles. The van der Waals surface area contributed by atoms with Gasteiger partial charge in [0.25, 0.3) is 5.91 Å². The lowest BCUT2D eigenvalue weighted by molar-refractivity contribution is 0.102. The topological polar surface area (TPSA) is 29.1 Å². The van der Waals surface area contributed by atoms with Crippen LogP contribution in [0.15, 0.2) is 48.5 Å². The number of carbonyl (C=O) groups is 1. The molecule has 4 heteroatoms. The van der Waals surface area contributed by atoms with E-state index in [-0.39, 0.29) is 5.91 Å². The second-order valence-electron chi connectivity index (χ2n) is 3.44. The van der Waals surface area contributed by atoms with Gasteiger partial charge in [0, 0.05) is 9.26 Å². The molecule has 2 nitrogen and oxygen atoms in total. The Bertz CT molecular complexity index is 539. The third kappa shape index (κ3) is 3.20. The van der Waals surface area contributed by atoms with E-state index in [0.717, 1.165) is 9.26 Å². The van der Waals surface area contributed by atoms with Crippen LogP contribution in [0.3, 0.4) is 0 Å². The Hall–Kier alpha value is -1.07. The summed E-state index contributed by atoms with van der Waals surface area (Å²) in [6.45, 7) is 0.